The van der Waals surface area contributed by atoms with Crippen LogP contribution in [0.15, 0.2) is 253 Å². The molecular weight excluding hydrogens is 775 g/mol. The van der Waals surface area contributed by atoms with E-state index in [1.165, 1.54) is 44.2 Å². The fourth-order valence-electron chi connectivity index (χ4n) is 9.46. The van der Waals surface area contributed by atoms with Crippen molar-refractivity contribution in [1.82, 2.24) is 0 Å². The minimum atomic E-state index is 0.850. The van der Waals surface area contributed by atoms with Crippen LogP contribution in [0, 0.1) is 0 Å². The molecule has 0 radical (unpaired) electrons. The Hall–Kier alpha value is -8.46. The Morgan fingerprint density at radius 3 is 1.39 bits per heavy atom. The molecule has 64 heavy (non-hydrogen) atoms. The molecule has 0 atom stereocenters. The van der Waals surface area contributed by atoms with Gasteiger partial charge in [0.05, 0.1) is 5.69 Å². The number of rotatable bonds is 8. The first-order valence-electron chi connectivity index (χ1n) is 21.9. The van der Waals surface area contributed by atoms with Crippen LogP contribution < -0.4 is 4.90 Å². The lowest BCUT2D eigenvalue weighted by atomic mass is 9.88. The lowest BCUT2D eigenvalue weighted by Crippen LogP contribution is -2.10. The summed E-state index contributed by atoms with van der Waals surface area (Å²) in [5.74, 6) is 0. The predicted octanol–water partition coefficient (Wildman–Crippen LogP) is 17.7. The van der Waals surface area contributed by atoms with Gasteiger partial charge in [-0.1, -0.05) is 188 Å². The summed E-state index contributed by atoms with van der Waals surface area (Å²) in [6.45, 7) is 0. The highest BCUT2D eigenvalue weighted by Gasteiger charge is 2.23. The van der Waals surface area contributed by atoms with E-state index in [1.54, 1.807) is 0 Å². The summed E-state index contributed by atoms with van der Waals surface area (Å²) in [6, 6.07) is 89.7. The molecule has 0 aliphatic carbocycles. The first-order valence-corrected chi connectivity index (χ1v) is 21.9. The van der Waals surface area contributed by atoms with Crippen molar-refractivity contribution in [1.29, 1.82) is 0 Å². The molecule has 12 aromatic rings. The molecule has 0 amide bonds. The van der Waals surface area contributed by atoms with Gasteiger partial charge in [-0.3, -0.25) is 0 Å². The normalized spacial score (nSPS) is 11.4. The zero-order valence-corrected chi connectivity index (χ0v) is 35.0. The van der Waals surface area contributed by atoms with Crippen LogP contribution in [-0.2, 0) is 0 Å². The molecule has 0 N–H and O–H groups in total. The van der Waals surface area contributed by atoms with Gasteiger partial charge in [-0.25, -0.2) is 0 Å². The Morgan fingerprint density at radius 1 is 0.266 bits per heavy atom. The Balaban J connectivity index is 1.11. The average molecular weight is 816 g/mol. The molecular formula is C62H41NO. The topological polar surface area (TPSA) is 16.4 Å². The van der Waals surface area contributed by atoms with E-state index in [1.807, 2.05) is 0 Å². The molecule has 0 saturated heterocycles. The van der Waals surface area contributed by atoms with Crippen LogP contribution in [-0.4, -0.2) is 0 Å². The van der Waals surface area contributed by atoms with Crippen molar-refractivity contribution in [3.63, 3.8) is 0 Å². The fourth-order valence-corrected chi connectivity index (χ4v) is 9.46. The lowest BCUT2D eigenvalue weighted by molar-refractivity contribution is 0.673. The van der Waals surface area contributed by atoms with Gasteiger partial charge in [0.15, 0.2) is 0 Å². The summed E-state index contributed by atoms with van der Waals surface area (Å²) in [5, 5.41) is 6.73. The molecule has 0 saturated carbocycles. The summed E-state index contributed by atoms with van der Waals surface area (Å²) in [6.07, 6.45) is 0. The largest absolute Gasteiger partial charge is 0.455 e. The minimum absolute atomic E-state index is 0.850. The molecule has 0 spiro atoms. The van der Waals surface area contributed by atoms with Crippen LogP contribution in [0.25, 0.3) is 99.1 Å². The quantitative estimate of drug-likeness (QED) is 0.152. The number of furan rings is 1. The number of nitrogens with zero attached hydrogens (tertiary/aromatic N) is 1. The van der Waals surface area contributed by atoms with Crippen LogP contribution in [0.1, 0.15) is 0 Å². The molecule has 1 aromatic heterocycles. The van der Waals surface area contributed by atoms with Crippen molar-refractivity contribution in [2.45, 2.75) is 0 Å². The van der Waals surface area contributed by atoms with E-state index in [-0.39, 0.29) is 0 Å². The summed E-state index contributed by atoms with van der Waals surface area (Å²) in [4.78, 5) is 2.41. The molecule has 0 fully saturated rings. The molecule has 0 unspecified atom stereocenters. The average Bonchev–Trinajstić information content (AvgIpc) is 3.75. The van der Waals surface area contributed by atoms with Gasteiger partial charge in [0.25, 0.3) is 0 Å². The zero-order chi connectivity index (χ0) is 42.4. The van der Waals surface area contributed by atoms with Gasteiger partial charge in [0.2, 0.25) is 0 Å². The molecule has 1 heterocycles. The Kier molecular flexibility index (Phi) is 9.20. The monoisotopic (exact) mass is 815 g/mol. The summed E-state index contributed by atoms with van der Waals surface area (Å²) in [7, 11) is 0. The Bertz CT molecular complexity index is 3570. The standard InChI is InChI=1S/C62H41NO/c1-5-17-42(18-6-1)46-29-32-52(33-30-46)63(53-34-31-45-23-13-14-26-48(45)38-53)60-40-59-58-39-56(47-24-11-4-12-25-47)57(41-61(58)64-62(59)55-28-16-15-27-54(55)60)51-36-49(43-19-7-2-8-20-43)35-50(37-51)44-21-9-3-10-22-44/h1-41H. The summed E-state index contributed by atoms with van der Waals surface area (Å²) < 4.78 is 7.10. The van der Waals surface area contributed by atoms with E-state index in [4.69, 9.17) is 4.42 Å². The maximum atomic E-state index is 7.10. The van der Waals surface area contributed by atoms with Crippen molar-refractivity contribution in [2.75, 3.05) is 4.90 Å². The van der Waals surface area contributed by atoms with Crippen molar-refractivity contribution in [3.05, 3.63) is 249 Å². The maximum Gasteiger partial charge on any atom is 0.143 e. The highest BCUT2D eigenvalue weighted by Crippen LogP contribution is 2.48. The molecule has 0 aliphatic heterocycles. The van der Waals surface area contributed by atoms with Crippen molar-refractivity contribution < 1.29 is 4.42 Å². The van der Waals surface area contributed by atoms with Gasteiger partial charge < -0.3 is 9.32 Å². The third-order valence-corrected chi connectivity index (χ3v) is 12.6. The first kappa shape index (κ1) is 37.3. The highest BCUT2D eigenvalue weighted by atomic mass is 16.3. The maximum absolute atomic E-state index is 7.10. The van der Waals surface area contributed by atoms with Gasteiger partial charge in [-0.05, 0) is 127 Å². The van der Waals surface area contributed by atoms with E-state index in [9.17, 15) is 0 Å². The molecule has 11 aromatic carbocycles. The van der Waals surface area contributed by atoms with E-state index in [2.05, 4.69) is 254 Å². The Labute approximate surface area is 372 Å². The summed E-state index contributed by atoms with van der Waals surface area (Å²) in [5.41, 5.74) is 16.6. The molecule has 0 bridgehead atoms. The summed E-state index contributed by atoms with van der Waals surface area (Å²) >= 11 is 0. The van der Waals surface area contributed by atoms with Crippen LogP contribution in [0.3, 0.4) is 0 Å². The van der Waals surface area contributed by atoms with Crippen molar-refractivity contribution in [3.8, 4) is 55.6 Å². The second-order valence-corrected chi connectivity index (χ2v) is 16.5. The smallest absolute Gasteiger partial charge is 0.143 e. The van der Waals surface area contributed by atoms with Crippen LogP contribution >= 0.6 is 0 Å². The van der Waals surface area contributed by atoms with Crippen molar-refractivity contribution >= 4 is 60.5 Å². The van der Waals surface area contributed by atoms with E-state index < -0.39 is 0 Å². The predicted molar refractivity (Wildman–Crippen MR) is 271 cm³/mol. The van der Waals surface area contributed by atoms with Gasteiger partial charge in [-0.15, -0.1) is 0 Å². The lowest BCUT2D eigenvalue weighted by Gasteiger charge is -2.27. The fraction of sp³-hybridized carbons (Fsp3) is 0. The first-order chi connectivity index (χ1) is 31.7. The van der Waals surface area contributed by atoms with Gasteiger partial charge in [-0.2, -0.15) is 0 Å². The molecule has 300 valence electrons. The number of hydrogen-bond donors (Lipinski definition) is 0. The van der Waals surface area contributed by atoms with E-state index >= 15 is 0 Å². The van der Waals surface area contributed by atoms with E-state index in [0.717, 1.165) is 72.0 Å². The highest BCUT2D eigenvalue weighted by molar-refractivity contribution is 6.21. The van der Waals surface area contributed by atoms with Crippen LogP contribution in [0.5, 0.6) is 0 Å². The number of hydrogen-bond acceptors (Lipinski definition) is 2. The molecule has 2 nitrogen and oxygen atoms in total. The van der Waals surface area contributed by atoms with E-state index in [0.29, 0.717) is 0 Å². The molecule has 0 aliphatic rings. The Morgan fingerprint density at radius 2 is 0.750 bits per heavy atom. The van der Waals surface area contributed by atoms with Crippen LogP contribution in [0.2, 0.25) is 0 Å². The van der Waals surface area contributed by atoms with Crippen LogP contribution in [0.4, 0.5) is 17.1 Å². The van der Waals surface area contributed by atoms with Crippen molar-refractivity contribution in [2.24, 2.45) is 0 Å². The van der Waals surface area contributed by atoms with Gasteiger partial charge >= 0.3 is 0 Å². The third kappa shape index (κ3) is 6.70. The number of anilines is 3. The number of fused-ring (bicyclic) bond motifs is 6. The molecule has 12 rings (SSSR count). The third-order valence-electron chi connectivity index (χ3n) is 12.6. The molecule has 2 heteroatoms. The SMILES string of the molecule is c1ccc(-c2ccc(N(c3ccc4ccccc4c3)c3cc4c5cc(-c6ccccc6)c(-c6cc(-c7ccccc7)cc(-c7ccccc7)c6)cc5oc4c4ccccc34)cc2)cc1. The minimum Gasteiger partial charge on any atom is -0.455 e. The second-order valence-electron chi connectivity index (χ2n) is 16.5. The zero-order valence-electron chi connectivity index (χ0n) is 35.0. The number of benzene rings is 11. The van der Waals surface area contributed by atoms with Gasteiger partial charge in [0, 0.05) is 32.9 Å². The second kappa shape index (κ2) is 15.8. The van der Waals surface area contributed by atoms with Gasteiger partial charge in [0.1, 0.15) is 11.2 Å².